The van der Waals surface area contributed by atoms with Crippen molar-refractivity contribution in [3.05, 3.63) is 54.1 Å². The number of benzene rings is 2. The summed E-state index contributed by atoms with van der Waals surface area (Å²) in [6.45, 7) is 1.60. The molecule has 2 atom stereocenters. The van der Waals surface area contributed by atoms with E-state index in [2.05, 4.69) is 39.9 Å². The maximum Gasteiger partial charge on any atom is 0.195 e. The average Bonchev–Trinajstić information content (AvgIpc) is 2.77. The van der Waals surface area contributed by atoms with Crippen LogP contribution in [-0.2, 0) is 4.74 Å². The van der Waals surface area contributed by atoms with Crippen molar-refractivity contribution in [3.63, 3.8) is 0 Å². The molecular formula is C22H29N3O3. The smallest absolute Gasteiger partial charge is 0.195 e. The lowest BCUT2D eigenvalue weighted by molar-refractivity contribution is -0.0264. The summed E-state index contributed by atoms with van der Waals surface area (Å²) >= 11 is 0. The molecule has 1 fully saturated rings. The molecule has 2 unspecified atom stereocenters. The molecule has 2 N–H and O–H groups in total. The molecule has 6 nitrogen and oxygen atoms in total. The number of guanidine groups is 1. The third kappa shape index (κ3) is 4.95. The Morgan fingerprint density at radius 3 is 2.61 bits per heavy atom. The molecule has 1 aliphatic rings. The van der Waals surface area contributed by atoms with Crippen LogP contribution < -0.4 is 20.1 Å². The normalized spacial score (nSPS) is 19.8. The molecule has 6 heteroatoms. The summed E-state index contributed by atoms with van der Waals surface area (Å²) in [6.07, 6.45) is 2.32. The first-order chi connectivity index (χ1) is 13.7. The quantitative estimate of drug-likeness (QED) is 0.586. The second-order valence-electron chi connectivity index (χ2n) is 6.75. The zero-order valence-corrected chi connectivity index (χ0v) is 16.8. The minimum atomic E-state index is 0.113. The molecule has 0 amide bonds. The van der Waals surface area contributed by atoms with Crippen molar-refractivity contribution in [2.45, 2.75) is 18.9 Å². The molecular weight excluding hydrogens is 354 g/mol. The van der Waals surface area contributed by atoms with Crippen molar-refractivity contribution >= 4 is 11.6 Å². The van der Waals surface area contributed by atoms with Crippen LogP contribution >= 0.6 is 0 Å². The second kappa shape index (κ2) is 9.99. The standard InChI is InChI=1S/C22H29N3O3/c1-23-22(25-18-11-12-19(26-2)20(14-18)27-3)24-15-17-10-7-13-28-21(17)16-8-5-4-6-9-16/h4-6,8-9,11-12,14,17,21H,7,10,13,15H2,1-3H3,(H2,23,24,25). The molecule has 1 saturated heterocycles. The predicted molar refractivity (Wildman–Crippen MR) is 112 cm³/mol. The van der Waals surface area contributed by atoms with E-state index in [0.717, 1.165) is 31.7 Å². The van der Waals surface area contributed by atoms with Crippen LogP contribution in [0, 0.1) is 5.92 Å². The topological polar surface area (TPSA) is 64.1 Å². The highest BCUT2D eigenvalue weighted by Crippen LogP contribution is 2.33. The monoisotopic (exact) mass is 383 g/mol. The third-order valence-corrected chi connectivity index (χ3v) is 4.97. The molecule has 28 heavy (non-hydrogen) atoms. The summed E-state index contributed by atoms with van der Waals surface area (Å²) < 4.78 is 16.7. The van der Waals surface area contributed by atoms with Crippen LogP contribution in [0.15, 0.2) is 53.5 Å². The largest absolute Gasteiger partial charge is 0.493 e. The first kappa shape index (κ1) is 20.0. The van der Waals surface area contributed by atoms with Gasteiger partial charge in [0.05, 0.1) is 20.3 Å². The van der Waals surface area contributed by atoms with Gasteiger partial charge in [-0.1, -0.05) is 30.3 Å². The molecule has 1 aliphatic heterocycles. The molecule has 1 heterocycles. The Kier molecular flexibility index (Phi) is 7.14. The van der Waals surface area contributed by atoms with Crippen molar-refractivity contribution < 1.29 is 14.2 Å². The van der Waals surface area contributed by atoms with Crippen molar-refractivity contribution in [1.29, 1.82) is 0 Å². The number of aliphatic imine (C=N–C) groups is 1. The molecule has 0 aliphatic carbocycles. The van der Waals surface area contributed by atoms with E-state index in [9.17, 15) is 0 Å². The van der Waals surface area contributed by atoms with Gasteiger partial charge in [-0.25, -0.2) is 0 Å². The van der Waals surface area contributed by atoms with Gasteiger partial charge in [-0.3, -0.25) is 4.99 Å². The second-order valence-corrected chi connectivity index (χ2v) is 6.75. The van der Waals surface area contributed by atoms with E-state index < -0.39 is 0 Å². The number of methoxy groups -OCH3 is 2. The average molecular weight is 383 g/mol. The number of ether oxygens (including phenoxy) is 3. The zero-order chi connectivity index (χ0) is 19.8. The Balaban J connectivity index is 1.63. The number of hydrogen-bond acceptors (Lipinski definition) is 4. The van der Waals surface area contributed by atoms with Crippen LogP contribution in [0.4, 0.5) is 5.69 Å². The molecule has 150 valence electrons. The number of hydrogen-bond donors (Lipinski definition) is 2. The SMILES string of the molecule is CN=C(NCC1CCCOC1c1ccccc1)Nc1ccc(OC)c(OC)c1. The van der Waals surface area contributed by atoms with E-state index in [0.29, 0.717) is 23.4 Å². The van der Waals surface area contributed by atoms with Crippen LogP contribution in [0.3, 0.4) is 0 Å². The maximum absolute atomic E-state index is 6.09. The lowest BCUT2D eigenvalue weighted by Crippen LogP contribution is -2.38. The predicted octanol–water partition coefficient (Wildman–Crippen LogP) is 3.86. The molecule has 0 saturated carbocycles. The Labute approximate surface area is 166 Å². The van der Waals surface area contributed by atoms with E-state index in [-0.39, 0.29) is 6.10 Å². The fourth-order valence-electron chi connectivity index (χ4n) is 3.52. The number of anilines is 1. The lowest BCUT2D eigenvalue weighted by atomic mass is 9.89. The van der Waals surface area contributed by atoms with Gasteiger partial charge in [-0.2, -0.15) is 0 Å². The van der Waals surface area contributed by atoms with Gasteiger partial charge in [0.15, 0.2) is 17.5 Å². The molecule has 0 bridgehead atoms. The van der Waals surface area contributed by atoms with Crippen molar-refractivity contribution in [3.8, 4) is 11.5 Å². The summed E-state index contributed by atoms with van der Waals surface area (Å²) in [7, 11) is 5.02. The number of rotatable bonds is 6. The molecule has 3 rings (SSSR count). The van der Waals surface area contributed by atoms with Crippen molar-refractivity contribution in [1.82, 2.24) is 5.32 Å². The summed E-state index contributed by atoms with van der Waals surface area (Å²) in [5.41, 5.74) is 2.11. The summed E-state index contributed by atoms with van der Waals surface area (Å²) in [5.74, 6) is 2.47. The van der Waals surface area contributed by atoms with Crippen LogP contribution in [0.25, 0.3) is 0 Å². The molecule has 2 aromatic carbocycles. The minimum Gasteiger partial charge on any atom is -0.493 e. The Morgan fingerprint density at radius 2 is 1.89 bits per heavy atom. The summed E-state index contributed by atoms with van der Waals surface area (Å²) in [6, 6.07) is 16.1. The van der Waals surface area contributed by atoms with Crippen molar-refractivity contribution in [2.75, 3.05) is 39.7 Å². The summed E-state index contributed by atoms with van der Waals surface area (Å²) in [5, 5.41) is 6.75. The van der Waals surface area contributed by atoms with E-state index in [1.54, 1.807) is 21.3 Å². The first-order valence-corrected chi connectivity index (χ1v) is 9.61. The number of nitrogens with zero attached hydrogens (tertiary/aromatic N) is 1. The fourth-order valence-corrected chi connectivity index (χ4v) is 3.52. The minimum absolute atomic E-state index is 0.113. The van der Waals surface area contributed by atoms with Gasteiger partial charge in [0, 0.05) is 37.9 Å². The van der Waals surface area contributed by atoms with Gasteiger partial charge >= 0.3 is 0 Å². The van der Waals surface area contributed by atoms with E-state index in [1.165, 1.54) is 5.56 Å². The highest BCUT2D eigenvalue weighted by atomic mass is 16.5. The van der Waals surface area contributed by atoms with E-state index in [4.69, 9.17) is 14.2 Å². The zero-order valence-electron chi connectivity index (χ0n) is 16.8. The van der Waals surface area contributed by atoms with Gasteiger partial charge in [0.2, 0.25) is 0 Å². The van der Waals surface area contributed by atoms with Crippen molar-refractivity contribution in [2.24, 2.45) is 10.9 Å². The Morgan fingerprint density at radius 1 is 1.11 bits per heavy atom. The highest BCUT2D eigenvalue weighted by molar-refractivity contribution is 5.93. The third-order valence-electron chi connectivity index (χ3n) is 4.97. The molecule has 0 radical (unpaired) electrons. The lowest BCUT2D eigenvalue weighted by Gasteiger charge is -2.32. The Bertz CT molecular complexity index is 780. The molecule has 2 aromatic rings. The van der Waals surface area contributed by atoms with Gasteiger partial charge in [0.1, 0.15) is 0 Å². The van der Waals surface area contributed by atoms with Crippen LogP contribution in [-0.4, -0.2) is 40.4 Å². The fraction of sp³-hybridized carbons (Fsp3) is 0.409. The van der Waals surface area contributed by atoms with E-state index in [1.807, 2.05) is 24.3 Å². The van der Waals surface area contributed by atoms with Gasteiger partial charge < -0.3 is 24.8 Å². The van der Waals surface area contributed by atoms with Crippen LogP contribution in [0.1, 0.15) is 24.5 Å². The Hall–Kier alpha value is -2.73. The summed E-state index contributed by atoms with van der Waals surface area (Å²) in [4.78, 5) is 4.35. The molecule has 0 spiro atoms. The number of nitrogens with one attached hydrogen (secondary N) is 2. The van der Waals surface area contributed by atoms with Crippen LogP contribution in [0.2, 0.25) is 0 Å². The highest BCUT2D eigenvalue weighted by Gasteiger charge is 2.27. The molecule has 0 aromatic heterocycles. The van der Waals surface area contributed by atoms with Gasteiger partial charge in [-0.15, -0.1) is 0 Å². The first-order valence-electron chi connectivity index (χ1n) is 9.61. The van der Waals surface area contributed by atoms with Gasteiger partial charge in [0.25, 0.3) is 0 Å². The van der Waals surface area contributed by atoms with Gasteiger partial charge in [-0.05, 0) is 30.5 Å². The maximum atomic E-state index is 6.09. The van der Waals surface area contributed by atoms with Crippen LogP contribution in [0.5, 0.6) is 11.5 Å². The van der Waals surface area contributed by atoms with E-state index >= 15 is 0 Å².